The van der Waals surface area contributed by atoms with Gasteiger partial charge < -0.3 is 9.84 Å². The molecule has 1 aromatic heterocycles. The van der Waals surface area contributed by atoms with Crippen LogP contribution in [0.5, 0.6) is 0 Å². The first-order chi connectivity index (χ1) is 9.60. The van der Waals surface area contributed by atoms with Crippen LogP contribution in [0.2, 0.25) is 0 Å². The molecule has 20 heavy (non-hydrogen) atoms. The minimum atomic E-state index is -0.975. The van der Waals surface area contributed by atoms with Gasteiger partial charge in [0.2, 0.25) is 0 Å². The standard InChI is InChI=1S/C12H13FN4O3/c1-20-10(6-11(18)19)7-17-12(14-15-16-17)8-3-2-4-9(13)5-8/h2-5,10H,6-7H2,1H3,(H,18,19). The molecule has 0 fully saturated rings. The fourth-order valence-electron chi connectivity index (χ4n) is 1.77. The van der Waals surface area contributed by atoms with Gasteiger partial charge in [0.15, 0.2) is 5.82 Å². The lowest BCUT2D eigenvalue weighted by Gasteiger charge is -2.13. The summed E-state index contributed by atoms with van der Waals surface area (Å²) in [6, 6.07) is 5.85. The summed E-state index contributed by atoms with van der Waals surface area (Å²) in [5.41, 5.74) is 0.514. The first kappa shape index (κ1) is 14.1. The lowest BCUT2D eigenvalue weighted by Crippen LogP contribution is -2.23. The largest absolute Gasteiger partial charge is 0.481 e. The van der Waals surface area contributed by atoms with Crippen molar-refractivity contribution in [3.63, 3.8) is 0 Å². The Kier molecular flexibility index (Phi) is 4.36. The Bertz CT molecular complexity index is 602. The number of rotatable bonds is 6. The molecule has 1 aromatic carbocycles. The molecule has 106 valence electrons. The number of carboxylic acids is 1. The molecule has 0 amide bonds. The van der Waals surface area contributed by atoms with Crippen molar-refractivity contribution in [3.8, 4) is 11.4 Å². The highest BCUT2D eigenvalue weighted by Gasteiger charge is 2.17. The van der Waals surface area contributed by atoms with Gasteiger partial charge in [-0.2, -0.15) is 0 Å². The summed E-state index contributed by atoms with van der Waals surface area (Å²) in [5.74, 6) is -1.01. The lowest BCUT2D eigenvalue weighted by molar-refractivity contribution is -0.140. The van der Waals surface area contributed by atoms with Crippen LogP contribution in [0.4, 0.5) is 4.39 Å². The summed E-state index contributed by atoms with van der Waals surface area (Å²) < 4.78 is 19.7. The molecule has 0 radical (unpaired) electrons. The molecule has 0 aliphatic rings. The van der Waals surface area contributed by atoms with Crippen LogP contribution in [0.3, 0.4) is 0 Å². The van der Waals surface area contributed by atoms with Gasteiger partial charge in [-0.25, -0.2) is 9.07 Å². The Labute approximate surface area is 114 Å². The molecular formula is C12H13FN4O3. The average molecular weight is 280 g/mol. The number of hydrogen-bond acceptors (Lipinski definition) is 5. The second kappa shape index (κ2) is 6.20. The van der Waals surface area contributed by atoms with E-state index in [0.29, 0.717) is 11.4 Å². The van der Waals surface area contributed by atoms with E-state index in [1.54, 1.807) is 12.1 Å². The van der Waals surface area contributed by atoms with E-state index in [1.165, 1.54) is 23.9 Å². The van der Waals surface area contributed by atoms with Gasteiger partial charge in [-0.15, -0.1) is 5.10 Å². The maximum atomic E-state index is 13.2. The Hall–Kier alpha value is -2.35. The van der Waals surface area contributed by atoms with E-state index >= 15 is 0 Å². The molecule has 1 N–H and O–H groups in total. The molecule has 0 bridgehead atoms. The second-order valence-electron chi connectivity index (χ2n) is 4.15. The first-order valence-electron chi connectivity index (χ1n) is 5.87. The fraction of sp³-hybridized carbons (Fsp3) is 0.333. The van der Waals surface area contributed by atoms with Gasteiger partial charge in [0.05, 0.1) is 19.1 Å². The average Bonchev–Trinajstić information content (AvgIpc) is 2.85. The molecule has 1 atom stereocenters. The second-order valence-corrected chi connectivity index (χ2v) is 4.15. The number of aliphatic carboxylic acids is 1. The number of aromatic nitrogens is 4. The Morgan fingerprint density at radius 3 is 3.00 bits per heavy atom. The predicted molar refractivity (Wildman–Crippen MR) is 66.3 cm³/mol. The fourth-order valence-corrected chi connectivity index (χ4v) is 1.77. The van der Waals surface area contributed by atoms with Crippen LogP contribution >= 0.6 is 0 Å². The first-order valence-corrected chi connectivity index (χ1v) is 5.87. The zero-order valence-electron chi connectivity index (χ0n) is 10.7. The number of nitrogens with zero attached hydrogens (tertiary/aromatic N) is 4. The van der Waals surface area contributed by atoms with Gasteiger partial charge in [0, 0.05) is 12.7 Å². The third-order valence-corrected chi connectivity index (χ3v) is 2.73. The van der Waals surface area contributed by atoms with E-state index in [9.17, 15) is 9.18 Å². The molecule has 2 aromatic rings. The minimum Gasteiger partial charge on any atom is -0.481 e. The summed E-state index contributed by atoms with van der Waals surface area (Å²) in [6.45, 7) is 0.168. The minimum absolute atomic E-state index is 0.168. The summed E-state index contributed by atoms with van der Waals surface area (Å²) in [7, 11) is 1.42. The van der Waals surface area contributed by atoms with Crippen LogP contribution in [-0.2, 0) is 16.1 Å². The van der Waals surface area contributed by atoms with Crippen molar-refractivity contribution in [1.82, 2.24) is 20.2 Å². The number of hydrogen-bond donors (Lipinski definition) is 1. The zero-order chi connectivity index (χ0) is 14.5. The van der Waals surface area contributed by atoms with Crippen LogP contribution in [0.25, 0.3) is 11.4 Å². The highest BCUT2D eigenvalue weighted by Crippen LogP contribution is 2.17. The quantitative estimate of drug-likeness (QED) is 0.848. The normalized spacial score (nSPS) is 12.3. The smallest absolute Gasteiger partial charge is 0.306 e. The molecule has 2 rings (SSSR count). The Morgan fingerprint density at radius 1 is 1.55 bits per heavy atom. The zero-order valence-corrected chi connectivity index (χ0v) is 10.7. The number of methoxy groups -OCH3 is 1. The van der Waals surface area contributed by atoms with Crippen molar-refractivity contribution in [2.75, 3.05) is 7.11 Å². The summed E-state index contributed by atoms with van der Waals surface area (Å²) in [4.78, 5) is 10.7. The number of carbonyl (C=O) groups is 1. The molecule has 0 aliphatic carbocycles. The summed E-state index contributed by atoms with van der Waals surface area (Å²) in [5, 5.41) is 19.9. The number of benzene rings is 1. The lowest BCUT2D eigenvalue weighted by atomic mass is 10.2. The monoisotopic (exact) mass is 280 g/mol. The number of tetrazole rings is 1. The molecule has 0 saturated carbocycles. The van der Waals surface area contributed by atoms with Crippen molar-refractivity contribution in [2.24, 2.45) is 0 Å². The van der Waals surface area contributed by atoms with Gasteiger partial charge in [0.25, 0.3) is 0 Å². The van der Waals surface area contributed by atoms with E-state index in [2.05, 4.69) is 15.5 Å². The van der Waals surface area contributed by atoms with E-state index in [1.807, 2.05) is 0 Å². The van der Waals surface area contributed by atoms with Gasteiger partial charge in [-0.05, 0) is 22.6 Å². The molecule has 0 saturated heterocycles. The van der Waals surface area contributed by atoms with Crippen molar-refractivity contribution in [3.05, 3.63) is 30.1 Å². The van der Waals surface area contributed by atoms with Crippen molar-refractivity contribution in [2.45, 2.75) is 19.1 Å². The summed E-state index contributed by atoms with van der Waals surface area (Å²) in [6.07, 6.45) is -0.734. The van der Waals surface area contributed by atoms with Crippen molar-refractivity contribution >= 4 is 5.97 Å². The van der Waals surface area contributed by atoms with Crippen LogP contribution in [0.15, 0.2) is 24.3 Å². The number of ether oxygens (including phenoxy) is 1. The SMILES string of the molecule is COC(CC(=O)O)Cn1nnnc1-c1cccc(F)c1. The molecular weight excluding hydrogens is 267 g/mol. The topological polar surface area (TPSA) is 90.1 Å². The third kappa shape index (κ3) is 3.35. The van der Waals surface area contributed by atoms with Crippen LogP contribution < -0.4 is 0 Å². The van der Waals surface area contributed by atoms with Gasteiger partial charge in [-0.1, -0.05) is 12.1 Å². The Balaban J connectivity index is 2.22. The molecule has 0 spiro atoms. The molecule has 7 nitrogen and oxygen atoms in total. The van der Waals surface area contributed by atoms with Gasteiger partial charge in [-0.3, -0.25) is 4.79 Å². The maximum Gasteiger partial charge on any atom is 0.306 e. The van der Waals surface area contributed by atoms with Gasteiger partial charge >= 0.3 is 5.97 Å². The maximum absolute atomic E-state index is 13.2. The third-order valence-electron chi connectivity index (χ3n) is 2.73. The van der Waals surface area contributed by atoms with E-state index in [4.69, 9.17) is 9.84 Å². The predicted octanol–water partition coefficient (Wildman–Crippen LogP) is 0.969. The molecule has 0 aliphatic heterocycles. The highest BCUT2D eigenvalue weighted by atomic mass is 19.1. The van der Waals surface area contributed by atoms with Crippen LogP contribution in [0.1, 0.15) is 6.42 Å². The van der Waals surface area contributed by atoms with E-state index in [0.717, 1.165) is 0 Å². The molecule has 8 heteroatoms. The molecule has 1 unspecified atom stereocenters. The Morgan fingerprint density at radius 2 is 2.35 bits per heavy atom. The van der Waals surface area contributed by atoms with Crippen molar-refractivity contribution < 1.29 is 19.0 Å². The number of carboxylic acid groups (broad SMARTS) is 1. The van der Waals surface area contributed by atoms with Gasteiger partial charge in [0.1, 0.15) is 5.82 Å². The van der Waals surface area contributed by atoms with Crippen molar-refractivity contribution in [1.29, 1.82) is 0 Å². The summed E-state index contributed by atoms with van der Waals surface area (Å²) >= 11 is 0. The number of halogens is 1. The molecule has 1 heterocycles. The van der Waals surface area contributed by atoms with E-state index in [-0.39, 0.29) is 13.0 Å². The van der Waals surface area contributed by atoms with E-state index < -0.39 is 17.9 Å². The highest BCUT2D eigenvalue weighted by molar-refractivity contribution is 5.67. The van der Waals surface area contributed by atoms with Crippen LogP contribution in [0, 0.1) is 5.82 Å². The van der Waals surface area contributed by atoms with Crippen LogP contribution in [-0.4, -0.2) is 44.5 Å².